The van der Waals surface area contributed by atoms with Gasteiger partial charge in [-0.15, -0.1) is 16.9 Å². The molecule has 1 saturated carbocycles. The van der Waals surface area contributed by atoms with E-state index in [0.717, 1.165) is 47.0 Å². The van der Waals surface area contributed by atoms with Crippen LogP contribution in [0.25, 0.3) is 5.52 Å². The number of aromatic nitrogens is 5. The number of rotatable bonds is 7. The van der Waals surface area contributed by atoms with Crippen LogP contribution in [-0.2, 0) is 4.79 Å². The van der Waals surface area contributed by atoms with Crippen LogP contribution in [0.1, 0.15) is 37.3 Å². The van der Waals surface area contributed by atoms with Gasteiger partial charge < -0.3 is 15.5 Å². The number of nitrogens with zero attached hydrogens (tertiary/aromatic N) is 5. The minimum atomic E-state index is -0.326. The average molecular weight is 475 g/mol. The summed E-state index contributed by atoms with van der Waals surface area (Å²) in [6, 6.07) is 13.5. The SMILES string of the molecule is CSc1ccc(NC(=O)[C@@H]2CCCN2c2nc(Nc3cc(C4CC4)[nH]n3)c3cccn3n2)cc1. The van der Waals surface area contributed by atoms with E-state index in [0.29, 0.717) is 17.7 Å². The third-order valence-electron chi connectivity index (χ3n) is 6.41. The first kappa shape index (κ1) is 21.0. The standard InChI is InChI=1S/C24H26N8OS/c1-34-17-10-8-16(9-11-17)25-23(33)20-5-2-12-31(20)24-27-22(19-4-3-13-32(19)30-24)26-21-14-18(28-29-21)15-6-7-15/h3-4,8-11,13-15,20H,2,5-7,12H2,1H3,(H,25,33)(H2,26,27,28,29,30)/t20-/m0/s1. The van der Waals surface area contributed by atoms with Gasteiger partial charge in [0.15, 0.2) is 11.6 Å². The molecule has 4 aromatic rings. The van der Waals surface area contributed by atoms with E-state index >= 15 is 0 Å². The molecule has 6 rings (SSSR count). The van der Waals surface area contributed by atoms with Crippen molar-refractivity contribution in [1.29, 1.82) is 0 Å². The normalized spacial score (nSPS) is 17.9. The highest BCUT2D eigenvalue weighted by atomic mass is 32.2. The van der Waals surface area contributed by atoms with Crippen molar-refractivity contribution < 1.29 is 4.79 Å². The summed E-state index contributed by atoms with van der Waals surface area (Å²) in [5, 5.41) is 18.6. The van der Waals surface area contributed by atoms with Crippen LogP contribution in [0.2, 0.25) is 0 Å². The van der Waals surface area contributed by atoms with Gasteiger partial charge in [-0.25, -0.2) is 4.52 Å². The van der Waals surface area contributed by atoms with Gasteiger partial charge in [0.2, 0.25) is 11.9 Å². The van der Waals surface area contributed by atoms with E-state index in [2.05, 4.69) is 20.8 Å². The second-order valence-corrected chi connectivity index (χ2v) is 9.66. The Bertz CT molecular complexity index is 1330. The van der Waals surface area contributed by atoms with Gasteiger partial charge in [0, 0.05) is 41.0 Å². The van der Waals surface area contributed by atoms with Gasteiger partial charge in [-0.1, -0.05) is 0 Å². The van der Waals surface area contributed by atoms with Gasteiger partial charge in [0.25, 0.3) is 0 Å². The zero-order valence-corrected chi connectivity index (χ0v) is 19.7. The summed E-state index contributed by atoms with van der Waals surface area (Å²) < 4.78 is 1.80. The number of H-pyrrole nitrogens is 1. The minimum absolute atomic E-state index is 0.0403. The predicted molar refractivity (Wildman–Crippen MR) is 134 cm³/mol. The molecule has 1 aliphatic heterocycles. The second-order valence-electron chi connectivity index (χ2n) is 8.78. The molecule has 174 valence electrons. The van der Waals surface area contributed by atoms with Crippen molar-refractivity contribution >= 4 is 46.5 Å². The van der Waals surface area contributed by atoms with Crippen LogP contribution in [0.15, 0.2) is 53.6 Å². The smallest absolute Gasteiger partial charge is 0.247 e. The van der Waals surface area contributed by atoms with Gasteiger partial charge in [0.05, 0.1) is 0 Å². The number of fused-ring (bicyclic) bond motifs is 1. The number of carbonyl (C=O) groups excluding carboxylic acids is 1. The van der Waals surface area contributed by atoms with E-state index in [1.807, 2.05) is 59.8 Å². The number of carbonyl (C=O) groups is 1. The molecule has 0 radical (unpaired) electrons. The fourth-order valence-electron chi connectivity index (χ4n) is 4.44. The molecule has 1 aliphatic carbocycles. The average Bonchev–Trinajstić information content (AvgIpc) is 3.24. The van der Waals surface area contributed by atoms with Crippen molar-refractivity contribution in [2.24, 2.45) is 0 Å². The predicted octanol–water partition coefficient (Wildman–Crippen LogP) is 4.40. The Balaban J connectivity index is 1.25. The molecule has 1 aromatic carbocycles. The molecule has 34 heavy (non-hydrogen) atoms. The van der Waals surface area contributed by atoms with E-state index in [4.69, 9.17) is 10.1 Å². The van der Waals surface area contributed by atoms with Crippen molar-refractivity contribution in [1.82, 2.24) is 24.8 Å². The highest BCUT2D eigenvalue weighted by Gasteiger charge is 2.33. The summed E-state index contributed by atoms with van der Waals surface area (Å²) in [6.45, 7) is 0.726. The summed E-state index contributed by atoms with van der Waals surface area (Å²) in [5.41, 5.74) is 2.81. The lowest BCUT2D eigenvalue weighted by molar-refractivity contribution is -0.117. The molecule has 10 heteroatoms. The van der Waals surface area contributed by atoms with E-state index < -0.39 is 0 Å². The molecule has 0 unspecified atom stereocenters. The zero-order chi connectivity index (χ0) is 23.1. The third-order valence-corrected chi connectivity index (χ3v) is 7.15. The molecular formula is C24H26N8OS. The number of hydrogen-bond acceptors (Lipinski definition) is 7. The maximum absolute atomic E-state index is 13.2. The topological polar surface area (TPSA) is 103 Å². The Morgan fingerprint density at radius 3 is 2.82 bits per heavy atom. The number of anilines is 4. The molecule has 9 nitrogen and oxygen atoms in total. The molecule has 0 spiro atoms. The van der Waals surface area contributed by atoms with Crippen LogP contribution in [0.3, 0.4) is 0 Å². The Morgan fingerprint density at radius 2 is 2.03 bits per heavy atom. The Kier molecular flexibility index (Phi) is 5.37. The molecule has 1 atom stereocenters. The summed E-state index contributed by atoms with van der Waals surface area (Å²) in [7, 11) is 0. The first-order valence-corrected chi connectivity index (χ1v) is 12.8. The Labute approximate surface area is 201 Å². The molecule has 1 saturated heterocycles. The number of hydrogen-bond donors (Lipinski definition) is 3. The van der Waals surface area contributed by atoms with Crippen LogP contribution in [-0.4, -0.2) is 49.5 Å². The first-order chi connectivity index (χ1) is 16.7. The van der Waals surface area contributed by atoms with Gasteiger partial charge in [-0.2, -0.15) is 10.1 Å². The number of nitrogens with one attached hydrogen (secondary N) is 3. The van der Waals surface area contributed by atoms with E-state index in [1.54, 1.807) is 16.3 Å². The van der Waals surface area contributed by atoms with Gasteiger partial charge in [-0.3, -0.25) is 9.89 Å². The summed E-state index contributed by atoms with van der Waals surface area (Å²) >= 11 is 1.68. The molecule has 2 fully saturated rings. The lowest BCUT2D eigenvalue weighted by atomic mass is 10.2. The van der Waals surface area contributed by atoms with Crippen molar-refractivity contribution in [3.63, 3.8) is 0 Å². The maximum atomic E-state index is 13.2. The Hall–Kier alpha value is -3.53. The van der Waals surface area contributed by atoms with Crippen molar-refractivity contribution in [3.8, 4) is 0 Å². The summed E-state index contributed by atoms with van der Waals surface area (Å²) in [6.07, 6.45) is 8.01. The van der Waals surface area contributed by atoms with Crippen LogP contribution in [0, 0.1) is 0 Å². The Morgan fingerprint density at radius 1 is 1.18 bits per heavy atom. The molecule has 0 bridgehead atoms. The van der Waals surface area contributed by atoms with Gasteiger partial charge in [-0.05, 0) is 68.3 Å². The summed E-state index contributed by atoms with van der Waals surface area (Å²) in [4.78, 5) is 21.2. The molecule has 2 aliphatic rings. The fourth-order valence-corrected chi connectivity index (χ4v) is 4.85. The van der Waals surface area contributed by atoms with Crippen LogP contribution in [0.5, 0.6) is 0 Å². The third kappa shape index (κ3) is 4.09. The van der Waals surface area contributed by atoms with Crippen LogP contribution < -0.4 is 15.5 Å². The van der Waals surface area contributed by atoms with Crippen molar-refractivity contribution in [2.45, 2.75) is 42.5 Å². The van der Waals surface area contributed by atoms with Crippen LogP contribution >= 0.6 is 11.8 Å². The van der Waals surface area contributed by atoms with E-state index in [-0.39, 0.29) is 11.9 Å². The summed E-state index contributed by atoms with van der Waals surface area (Å²) in [5.74, 6) is 2.49. The second kappa shape index (κ2) is 8.68. The molecule has 4 heterocycles. The maximum Gasteiger partial charge on any atom is 0.247 e. The van der Waals surface area contributed by atoms with Crippen molar-refractivity contribution in [2.75, 3.05) is 28.3 Å². The number of benzene rings is 1. The largest absolute Gasteiger partial charge is 0.327 e. The highest BCUT2D eigenvalue weighted by molar-refractivity contribution is 7.98. The van der Waals surface area contributed by atoms with Gasteiger partial charge >= 0.3 is 0 Å². The number of amides is 1. The molecule has 3 N–H and O–H groups in total. The first-order valence-electron chi connectivity index (χ1n) is 11.6. The number of thioether (sulfide) groups is 1. The zero-order valence-electron chi connectivity index (χ0n) is 18.9. The fraction of sp³-hybridized carbons (Fsp3) is 0.333. The van der Waals surface area contributed by atoms with Gasteiger partial charge in [0.1, 0.15) is 11.6 Å². The van der Waals surface area contributed by atoms with E-state index in [9.17, 15) is 4.79 Å². The van der Waals surface area contributed by atoms with Crippen molar-refractivity contribution in [3.05, 3.63) is 54.4 Å². The molecule has 3 aromatic heterocycles. The lowest BCUT2D eigenvalue weighted by Crippen LogP contribution is -2.40. The molecule has 1 amide bonds. The lowest BCUT2D eigenvalue weighted by Gasteiger charge is -2.24. The minimum Gasteiger partial charge on any atom is -0.327 e. The molecular weight excluding hydrogens is 448 g/mol. The van der Waals surface area contributed by atoms with Crippen LogP contribution in [0.4, 0.5) is 23.3 Å². The number of aromatic amines is 1. The van der Waals surface area contributed by atoms with E-state index in [1.165, 1.54) is 12.8 Å². The highest BCUT2D eigenvalue weighted by Crippen LogP contribution is 2.39. The quantitative estimate of drug-likeness (QED) is 0.341. The monoisotopic (exact) mass is 474 g/mol.